The van der Waals surface area contributed by atoms with E-state index in [-0.39, 0.29) is 10.6 Å². The number of hydrogen-bond donors (Lipinski definition) is 0. The van der Waals surface area contributed by atoms with Gasteiger partial charge in [0.05, 0.1) is 10.6 Å². The predicted octanol–water partition coefficient (Wildman–Crippen LogP) is 3.18. The smallest absolute Gasteiger partial charge is 0.270 e. The molecule has 120 valence electrons. The summed E-state index contributed by atoms with van der Waals surface area (Å²) in [5.74, 6) is 0. The molecule has 0 N–H and O–H groups in total. The Morgan fingerprint density at radius 1 is 1.26 bits per heavy atom. The van der Waals surface area contributed by atoms with Crippen molar-refractivity contribution in [2.24, 2.45) is 0 Å². The summed E-state index contributed by atoms with van der Waals surface area (Å²) in [5, 5.41) is 20.0. The van der Waals surface area contributed by atoms with E-state index < -0.39 is 0 Å². The molecule has 0 amide bonds. The summed E-state index contributed by atoms with van der Waals surface area (Å²) in [6.45, 7) is 3.77. The van der Waals surface area contributed by atoms with Crippen LogP contribution in [0.2, 0.25) is 0 Å². The number of aromatic nitrogens is 4. The molecule has 0 atom stereocenters. The highest BCUT2D eigenvalue weighted by Gasteiger charge is 2.08. The minimum Gasteiger partial charge on any atom is -0.347 e. The molecule has 0 fully saturated rings. The van der Waals surface area contributed by atoms with Gasteiger partial charge >= 0.3 is 0 Å². The number of rotatable bonds is 7. The van der Waals surface area contributed by atoms with Crippen LogP contribution in [0.4, 0.5) is 5.69 Å². The Hall–Kier alpha value is -2.70. The predicted molar refractivity (Wildman–Crippen MR) is 87.2 cm³/mol. The quantitative estimate of drug-likeness (QED) is 0.495. The number of nitro groups is 1. The van der Waals surface area contributed by atoms with E-state index in [0.717, 1.165) is 48.9 Å². The molecule has 1 aromatic carbocycles. The molecule has 0 aliphatic carbocycles. The van der Waals surface area contributed by atoms with E-state index in [9.17, 15) is 10.1 Å². The molecule has 0 radical (unpaired) electrons. The van der Waals surface area contributed by atoms with Crippen molar-refractivity contribution in [2.45, 2.75) is 39.3 Å². The van der Waals surface area contributed by atoms with Crippen LogP contribution < -0.4 is 0 Å². The van der Waals surface area contributed by atoms with Crippen molar-refractivity contribution in [3.05, 3.63) is 52.5 Å². The van der Waals surface area contributed by atoms with Crippen molar-refractivity contribution in [2.75, 3.05) is 0 Å². The molecule has 2 heterocycles. The SMILES string of the molecule is CCCc1cn(CCCn2ccc3cc([N+](=O)[O-])ccc32)nn1. The second kappa shape index (κ2) is 6.60. The Kier molecular flexibility index (Phi) is 4.36. The number of nitro benzene ring substituents is 1. The lowest BCUT2D eigenvalue weighted by molar-refractivity contribution is -0.384. The lowest BCUT2D eigenvalue weighted by Gasteiger charge is -2.05. The highest BCUT2D eigenvalue weighted by Crippen LogP contribution is 2.22. The highest BCUT2D eigenvalue weighted by atomic mass is 16.6. The molecular weight excluding hydrogens is 294 g/mol. The summed E-state index contributed by atoms with van der Waals surface area (Å²) < 4.78 is 3.99. The fourth-order valence-corrected chi connectivity index (χ4v) is 2.72. The lowest BCUT2D eigenvalue weighted by atomic mass is 10.2. The summed E-state index contributed by atoms with van der Waals surface area (Å²) in [4.78, 5) is 10.4. The third-order valence-electron chi connectivity index (χ3n) is 3.84. The van der Waals surface area contributed by atoms with Gasteiger partial charge in [-0.05, 0) is 25.0 Å². The number of aryl methyl sites for hydroxylation is 3. The summed E-state index contributed by atoms with van der Waals surface area (Å²) in [6, 6.07) is 6.88. The molecule has 0 aliphatic heterocycles. The van der Waals surface area contributed by atoms with Crippen LogP contribution in [0.25, 0.3) is 10.9 Å². The van der Waals surface area contributed by atoms with Crippen LogP contribution >= 0.6 is 0 Å². The first-order valence-electron chi connectivity index (χ1n) is 7.79. The minimum atomic E-state index is -0.366. The van der Waals surface area contributed by atoms with Crippen molar-refractivity contribution in [3.63, 3.8) is 0 Å². The van der Waals surface area contributed by atoms with E-state index in [1.165, 1.54) is 0 Å². The number of hydrogen-bond acceptors (Lipinski definition) is 4. The van der Waals surface area contributed by atoms with Gasteiger partial charge in [0.1, 0.15) is 0 Å². The molecule has 0 unspecified atom stereocenters. The second-order valence-corrected chi connectivity index (χ2v) is 5.59. The summed E-state index contributed by atoms with van der Waals surface area (Å²) in [6.07, 6.45) is 6.93. The normalized spacial score (nSPS) is 11.2. The van der Waals surface area contributed by atoms with Crippen molar-refractivity contribution >= 4 is 16.6 Å². The first-order chi connectivity index (χ1) is 11.2. The monoisotopic (exact) mass is 313 g/mol. The minimum absolute atomic E-state index is 0.126. The molecule has 7 nitrogen and oxygen atoms in total. The van der Waals surface area contributed by atoms with Gasteiger partial charge in [-0.3, -0.25) is 14.8 Å². The molecule has 0 saturated heterocycles. The molecule has 2 aromatic heterocycles. The molecule has 0 spiro atoms. The molecule has 0 bridgehead atoms. The van der Waals surface area contributed by atoms with Gasteiger partial charge in [-0.15, -0.1) is 5.10 Å². The van der Waals surface area contributed by atoms with Gasteiger partial charge in [0.15, 0.2) is 0 Å². The zero-order valence-electron chi connectivity index (χ0n) is 13.1. The fourth-order valence-electron chi connectivity index (χ4n) is 2.72. The van der Waals surface area contributed by atoms with Gasteiger partial charge < -0.3 is 4.57 Å². The van der Waals surface area contributed by atoms with Crippen LogP contribution in [0, 0.1) is 10.1 Å². The first-order valence-corrected chi connectivity index (χ1v) is 7.79. The van der Waals surface area contributed by atoms with Crippen molar-refractivity contribution < 1.29 is 4.92 Å². The molecule has 0 aliphatic rings. The van der Waals surface area contributed by atoms with E-state index in [1.807, 2.05) is 29.2 Å². The first kappa shape index (κ1) is 15.2. The maximum absolute atomic E-state index is 10.8. The topological polar surface area (TPSA) is 78.8 Å². The summed E-state index contributed by atoms with van der Waals surface area (Å²) in [5.41, 5.74) is 2.17. The number of fused-ring (bicyclic) bond motifs is 1. The molecule has 0 saturated carbocycles. The molecule has 7 heteroatoms. The molecular formula is C16H19N5O2. The molecule has 3 rings (SSSR count). The van der Waals surface area contributed by atoms with E-state index in [2.05, 4.69) is 21.8 Å². The summed E-state index contributed by atoms with van der Waals surface area (Å²) >= 11 is 0. The van der Waals surface area contributed by atoms with Crippen LogP contribution in [0.1, 0.15) is 25.5 Å². The third kappa shape index (κ3) is 3.39. The Morgan fingerprint density at radius 3 is 2.91 bits per heavy atom. The Balaban J connectivity index is 1.63. The number of benzene rings is 1. The molecule has 23 heavy (non-hydrogen) atoms. The van der Waals surface area contributed by atoms with Crippen LogP contribution in [-0.4, -0.2) is 24.5 Å². The summed E-state index contributed by atoms with van der Waals surface area (Å²) in [7, 11) is 0. The highest BCUT2D eigenvalue weighted by molar-refractivity contribution is 5.82. The Labute approximate surface area is 133 Å². The van der Waals surface area contributed by atoms with Gasteiger partial charge in [0, 0.05) is 48.5 Å². The van der Waals surface area contributed by atoms with E-state index in [0.29, 0.717) is 0 Å². The van der Waals surface area contributed by atoms with E-state index in [1.54, 1.807) is 12.1 Å². The third-order valence-corrected chi connectivity index (χ3v) is 3.84. The van der Waals surface area contributed by atoms with Gasteiger partial charge in [0.25, 0.3) is 5.69 Å². The van der Waals surface area contributed by atoms with Crippen LogP contribution in [0.15, 0.2) is 36.7 Å². The standard InChI is InChI=1S/C16H19N5O2/c1-2-4-14-12-20(18-17-14)9-3-8-19-10-7-13-11-15(21(22)23)5-6-16(13)19/h5-7,10-12H,2-4,8-9H2,1H3. The lowest BCUT2D eigenvalue weighted by Crippen LogP contribution is -2.04. The Morgan fingerprint density at radius 2 is 2.13 bits per heavy atom. The van der Waals surface area contributed by atoms with Crippen molar-refractivity contribution in [1.29, 1.82) is 0 Å². The van der Waals surface area contributed by atoms with E-state index in [4.69, 9.17) is 0 Å². The van der Waals surface area contributed by atoms with Gasteiger partial charge in [-0.25, -0.2) is 0 Å². The average molecular weight is 313 g/mol. The maximum atomic E-state index is 10.8. The fraction of sp³-hybridized carbons (Fsp3) is 0.375. The Bertz CT molecular complexity index is 821. The van der Waals surface area contributed by atoms with Gasteiger partial charge in [-0.1, -0.05) is 18.6 Å². The van der Waals surface area contributed by atoms with Crippen LogP contribution in [0.5, 0.6) is 0 Å². The average Bonchev–Trinajstić information content (AvgIpc) is 3.14. The van der Waals surface area contributed by atoms with Gasteiger partial charge in [0.2, 0.25) is 0 Å². The maximum Gasteiger partial charge on any atom is 0.270 e. The number of nitrogens with zero attached hydrogens (tertiary/aromatic N) is 5. The number of non-ortho nitro benzene ring substituents is 1. The van der Waals surface area contributed by atoms with Gasteiger partial charge in [-0.2, -0.15) is 0 Å². The zero-order chi connectivity index (χ0) is 16.2. The van der Waals surface area contributed by atoms with Crippen molar-refractivity contribution in [1.82, 2.24) is 19.6 Å². The zero-order valence-corrected chi connectivity index (χ0v) is 13.1. The largest absolute Gasteiger partial charge is 0.347 e. The van der Waals surface area contributed by atoms with Crippen LogP contribution in [0.3, 0.4) is 0 Å². The van der Waals surface area contributed by atoms with E-state index >= 15 is 0 Å². The van der Waals surface area contributed by atoms with Crippen molar-refractivity contribution in [3.8, 4) is 0 Å². The second-order valence-electron chi connectivity index (χ2n) is 5.59. The molecule has 3 aromatic rings. The van der Waals surface area contributed by atoms with Crippen LogP contribution in [-0.2, 0) is 19.5 Å².